The van der Waals surface area contributed by atoms with E-state index in [0.717, 1.165) is 12.8 Å². The van der Waals surface area contributed by atoms with E-state index in [0.29, 0.717) is 11.9 Å². The average Bonchev–Trinajstić information content (AvgIpc) is 2.77. The highest BCUT2D eigenvalue weighted by molar-refractivity contribution is 4.98. The van der Waals surface area contributed by atoms with Gasteiger partial charge in [-0.05, 0) is 19.8 Å². The fraction of sp³-hybridized carbons (Fsp3) is 0.818. The molecule has 0 saturated heterocycles. The normalized spacial score (nSPS) is 21.9. The fourth-order valence-electron chi connectivity index (χ4n) is 2.35. The van der Waals surface area contributed by atoms with Gasteiger partial charge >= 0.3 is 0 Å². The molecule has 1 saturated carbocycles. The van der Waals surface area contributed by atoms with Crippen LogP contribution in [0.1, 0.15) is 56.9 Å². The van der Waals surface area contributed by atoms with E-state index in [4.69, 9.17) is 5.73 Å². The van der Waals surface area contributed by atoms with Crippen LogP contribution in [0, 0.1) is 0 Å². The van der Waals surface area contributed by atoms with Gasteiger partial charge in [-0.1, -0.05) is 19.3 Å². The van der Waals surface area contributed by atoms with Gasteiger partial charge in [-0.2, -0.15) is 0 Å². The maximum absolute atomic E-state index is 9.51. The summed E-state index contributed by atoms with van der Waals surface area (Å²) in [7, 11) is 0. The van der Waals surface area contributed by atoms with Crippen LogP contribution < -0.4 is 5.73 Å². The molecule has 16 heavy (non-hydrogen) atoms. The summed E-state index contributed by atoms with van der Waals surface area (Å²) in [6, 6.07) is 0.0213. The number of hydrogen-bond donors (Lipinski definition) is 2. The molecule has 0 aliphatic heterocycles. The zero-order chi connectivity index (χ0) is 11.5. The van der Waals surface area contributed by atoms with Crippen molar-refractivity contribution < 1.29 is 5.11 Å². The molecule has 0 spiro atoms. The maximum Gasteiger partial charge on any atom is 0.152 e. The largest absolute Gasteiger partial charge is 0.391 e. The van der Waals surface area contributed by atoms with Crippen molar-refractivity contribution in [3.8, 4) is 0 Å². The lowest BCUT2D eigenvalue weighted by Gasteiger charge is -2.25. The van der Waals surface area contributed by atoms with Gasteiger partial charge in [-0.15, -0.1) is 10.2 Å². The molecular weight excluding hydrogens is 204 g/mol. The van der Waals surface area contributed by atoms with Crippen molar-refractivity contribution in [1.29, 1.82) is 0 Å². The van der Waals surface area contributed by atoms with Crippen molar-refractivity contribution >= 4 is 0 Å². The molecule has 5 nitrogen and oxygen atoms in total. The second kappa shape index (κ2) is 4.93. The summed E-state index contributed by atoms with van der Waals surface area (Å²) in [6.07, 6.45) is 7.31. The first-order valence-electron chi connectivity index (χ1n) is 6.03. The summed E-state index contributed by atoms with van der Waals surface area (Å²) >= 11 is 0. The minimum Gasteiger partial charge on any atom is -0.391 e. The molecule has 1 aromatic rings. The number of aliphatic hydroxyl groups excluding tert-OH is 1. The first-order chi connectivity index (χ1) is 7.70. The molecule has 0 radical (unpaired) electrons. The smallest absolute Gasteiger partial charge is 0.152 e. The Labute approximate surface area is 95.7 Å². The Morgan fingerprint density at radius 1 is 1.44 bits per heavy atom. The van der Waals surface area contributed by atoms with E-state index in [1.165, 1.54) is 19.3 Å². The fourth-order valence-corrected chi connectivity index (χ4v) is 2.35. The van der Waals surface area contributed by atoms with E-state index >= 15 is 0 Å². The lowest BCUT2D eigenvalue weighted by molar-refractivity contribution is 0.156. The Kier molecular flexibility index (Phi) is 3.56. The van der Waals surface area contributed by atoms with Crippen LogP contribution in [-0.2, 0) is 0 Å². The maximum atomic E-state index is 9.51. The van der Waals surface area contributed by atoms with Gasteiger partial charge in [0.25, 0.3) is 0 Å². The number of nitrogens with zero attached hydrogens (tertiary/aromatic N) is 3. The van der Waals surface area contributed by atoms with Gasteiger partial charge in [0.1, 0.15) is 6.33 Å². The van der Waals surface area contributed by atoms with Crippen LogP contribution in [0.3, 0.4) is 0 Å². The predicted octanol–water partition coefficient (Wildman–Crippen LogP) is 1.16. The molecule has 2 atom stereocenters. The van der Waals surface area contributed by atoms with Crippen LogP contribution >= 0.6 is 0 Å². The molecule has 2 unspecified atom stereocenters. The van der Waals surface area contributed by atoms with E-state index < -0.39 is 12.1 Å². The van der Waals surface area contributed by atoms with Crippen molar-refractivity contribution in [2.24, 2.45) is 5.73 Å². The Bertz CT molecular complexity index is 330. The lowest BCUT2D eigenvalue weighted by atomic mass is 9.95. The summed E-state index contributed by atoms with van der Waals surface area (Å²) < 4.78 is 2.05. The molecule has 0 bridgehead atoms. The third kappa shape index (κ3) is 2.25. The number of hydrogen-bond acceptors (Lipinski definition) is 4. The average molecular weight is 224 g/mol. The molecule has 0 amide bonds. The van der Waals surface area contributed by atoms with Gasteiger partial charge in [0.15, 0.2) is 5.82 Å². The van der Waals surface area contributed by atoms with E-state index in [1.807, 2.05) is 0 Å². The van der Waals surface area contributed by atoms with Crippen LogP contribution in [0.15, 0.2) is 6.33 Å². The molecule has 2 rings (SSSR count). The van der Waals surface area contributed by atoms with Crippen LogP contribution in [0.2, 0.25) is 0 Å². The monoisotopic (exact) mass is 224 g/mol. The Morgan fingerprint density at radius 3 is 2.75 bits per heavy atom. The Morgan fingerprint density at radius 2 is 2.12 bits per heavy atom. The summed E-state index contributed by atoms with van der Waals surface area (Å²) in [4.78, 5) is 0. The Hall–Kier alpha value is -0.940. The molecule has 3 N–H and O–H groups in total. The molecule has 1 heterocycles. The number of rotatable bonds is 3. The number of aromatic nitrogens is 3. The molecule has 90 valence electrons. The topological polar surface area (TPSA) is 77.0 Å². The van der Waals surface area contributed by atoms with Crippen LogP contribution in [-0.4, -0.2) is 26.0 Å². The van der Waals surface area contributed by atoms with Crippen molar-refractivity contribution in [3.63, 3.8) is 0 Å². The van der Waals surface area contributed by atoms with Gasteiger partial charge in [-0.25, -0.2) is 0 Å². The molecule has 5 heteroatoms. The highest BCUT2D eigenvalue weighted by Gasteiger charge is 2.23. The second-order valence-corrected chi connectivity index (χ2v) is 4.65. The lowest BCUT2D eigenvalue weighted by Crippen LogP contribution is -2.28. The first-order valence-corrected chi connectivity index (χ1v) is 6.03. The molecule has 1 aliphatic rings. The summed E-state index contributed by atoms with van der Waals surface area (Å²) in [5.74, 6) is 0.710. The first kappa shape index (κ1) is 11.5. The van der Waals surface area contributed by atoms with Crippen LogP contribution in [0.25, 0.3) is 0 Å². The molecule has 1 aromatic heterocycles. The predicted molar refractivity (Wildman–Crippen MR) is 60.8 cm³/mol. The molecule has 0 aromatic carbocycles. The van der Waals surface area contributed by atoms with Crippen molar-refractivity contribution in [2.75, 3.05) is 0 Å². The number of aliphatic hydroxyl groups is 1. The van der Waals surface area contributed by atoms with Gasteiger partial charge in [0.2, 0.25) is 0 Å². The van der Waals surface area contributed by atoms with Gasteiger partial charge in [0, 0.05) is 6.04 Å². The minimum absolute atomic E-state index is 0.440. The third-order valence-electron chi connectivity index (χ3n) is 3.39. The van der Waals surface area contributed by atoms with Gasteiger partial charge in [0.05, 0.1) is 12.1 Å². The van der Waals surface area contributed by atoms with E-state index in [2.05, 4.69) is 14.8 Å². The quantitative estimate of drug-likeness (QED) is 0.807. The van der Waals surface area contributed by atoms with E-state index in [9.17, 15) is 5.11 Å². The van der Waals surface area contributed by atoms with Crippen LogP contribution in [0.5, 0.6) is 0 Å². The summed E-state index contributed by atoms with van der Waals surface area (Å²) in [5.41, 5.74) is 5.92. The third-order valence-corrected chi connectivity index (χ3v) is 3.39. The molecule has 1 aliphatic carbocycles. The van der Waals surface area contributed by atoms with Crippen molar-refractivity contribution in [3.05, 3.63) is 12.2 Å². The highest BCUT2D eigenvalue weighted by Crippen LogP contribution is 2.29. The van der Waals surface area contributed by atoms with Crippen molar-refractivity contribution in [2.45, 2.75) is 57.2 Å². The Balaban J connectivity index is 2.17. The number of nitrogens with two attached hydrogens (primary N) is 1. The molecule has 1 fully saturated rings. The SMILES string of the molecule is CC(O)C(N)c1nncn1C1CCCCC1. The minimum atomic E-state index is -0.591. The summed E-state index contributed by atoms with van der Waals surface area (Å²) in [6.45, 7) is 1.69. The van der Waals surface area contributed by atoms with E-state index in [-0.39, 0.29) is 0 Å². The van der Waals surface area contributed by atoms with Crippen LogP contribution in [0.4, 0.5) is 0 Å². The zero-order valence-corrected chi connectivity index (χ0v) is 9.71. The zero-order valence-electron chi connectivity index (χ0n) is 9.71. The van der Waals surface area contributed by atoms with Crippen molar-refractivity contribution in [1.82, 2.24) is 14.8 Å². The summed E-state index contributed by atoms with van der Waals surface area (Å²) in [5, 5.41) is 17.5. The highest BCUT2D eigenvalue weighted by atomic mass is 16.3. The van der Waals surface area contributed by atoms with Gasteiger partial charge < -0.3 is 15.4 Å². The van der Waals surface area contributed by atoms with Gasteiger partial charge in [-0.3, -0.25) is 0 Å². The van der Waals surface area contributed by atoms with E-state index in [1.54, 1.807) is 13.3 Å². The molecular formula is C11H20N4O. The second-order valence-electron chi connectivity index (χ2n) is 4.65. The standard InChI is InChI=1S/C11H20N4O/c1-8(16)10(12)11-14-13-7-15(11)9-5-3-2-4-6-9/h7-10,16H,2-6,12H2,1H3.